The predicted molar refractivity (Wildman–Crippen MR) is 113 cm³/mol. The van der Waals surface area contributed by atoms with Gasteiger partial charge >= 0.3 is 0 Å². The van der Waals surface area contributed by atoms with E-state index in [9.17, 15) is 13.2 Å². The van der Waals surface area contributed by atoms with E-state index in [2.05, 4.69) is 14.9 Å². The van der Waals surface area contributed by atoms with Crippen LogP contribution in [0.1, 0.15) is 37.6 Å². The second-order valence-corrected chi connectivity index (χ2v) is 8.76. The monoisotopic (exact) mass is 403 g/mol. The number of nitrogens with one attached hydrogen (secondary N) is 2. The third-order valence-corrected chi connectivity index (χ3v) is 6.12. The molecule has 0 aromatic heterocycles. The number of anilines is 1. The van der Waals surface area contributed by atoms with E-state index in [0.717, 1.165) is 5.69 Å². The van der Waals surface area contributed by atoms with Gasteiger partial charge in [-0.15, -0.1) is 0 Å². The second-order valence-electron chi connectivity index (χ2n) is 7.05. The SMILES string of the molecule is CC[C@H](C)NS(=O)(=O)c1ccc(C(=O)N[C@H](C)CN(C)c2ccccc2)cc1. The number of hydrogen-bond donors (Lipinski definition) is 2. The van der Waals surface area contributed by atoms with Crippen LogP contribution in [0.25, 0.3) is 0 Å². The number of hydrogen-bond acceptors (Lipinski definition) is 4. The molecule has 0 bridgehead atoms. The molecule has 2 aromatic carbocycles. The summed E-state index contributed by atoms with van der Waals surface area (Å²) in [5.74, 6) is -0.229. The van der Waals surface area contributed by atoms with Gasteiger partial charge in [-0.3, -0.25) is 4.79 Å². The maximum Gasteiger partial charge on any atom is 0.251 e. The van der Waals surface area contributed by atoms with Crippen LogP contribution in [0.5, 0.6) is 0 Å². The lowest BCUT2D eigenvalue weighted by Gasteiger charge is -2.24. The number of para-hydroxylation sites is 1. The molecule has 0 unspecified atom stereocenters. The molecular formula is C21H29N3O3S. The number of carbonyl (C=O) groups excluding carboxylic acids is 1. The molecule has 7 heteroatoms. The van der Waals surface area contributed by atoms with E-state index in [-0.39, 0.29) is 22.9 Å². The highest BCUT2D eigenvalue weighted by Crippen LogP contribution is 2.13. The number of carbonyl (C=O) groups is 1. The van der Waals surface area contributed by atoms with Gasteiger partial charge in [-0.05, 0) is 56.7 Å². The van der Waals surface area contributed by atoms with Crippen molar-refractivity contribution >= 4 is 21.6 Å². The van der Waals surface area contributed by atoms with Crippen molar-refractivity contribution in [2.45, 2.75) is 44.2 Å². The molecular weight excluding hydrogens is 374 g/mol. The summed E-state index contributed by atoms with van der Waals surface area (Å²) in [6.45, 7) is 6.32. The fourth-order valence-electron chi connectivity index (χ4n) is 2.75. The Bertz CT molecular complexity index is 868. The molecule has 2 atom stereocenters. The zero-order valence-electron chi connectivity index (χ0n) is 16.8. The van der Waals surface area contributed by atoms with E-state index in [1.807, 2.05) is 58.2 Å². The van der Waals surface area contributed by atoms with Crippen molar-refractivity contribution in [1.82, 2.24) is 10.0 Å². The van der Waals surface area contributed by atoms with Gasteiger partial charge in [-0.25, -0.2) is 13.1 Å². The standard InChI is InChI=1S/C21H29N3O3S/c1-5-16(2)23-28(26,27)20-13-11-18(12-14-20)21(25)22-17(3)15-24(4)19-9-7-6-8-10-19/h6-14,16-17,23H,5,15H2,1-4H3,(H,22,25)/t16-,17+/m0/s1. The molecule has 0 heterocycles. The van der Waals surface area contributed by atoms with Gasteiger partial charge in [0.05, 0.1) is 4.90 Å². The fourth-order valence-corrected chi connectivity index (χ4v) is 4.08. The van der Waals surface area contributed by atoms with Gasteiger partial charge in [-0.1, -0.05) is 25.1 Å². The van der Waals surface area contributed by atoms with Crippen LogP contribution in [-0.2, 0) is 10.0 Å². The molecule has 0 spiro atoms. The van der Waals surface area contributed by atoms with Gasteiger partial charge in [0.1, 0.15) is 0 Å². The lowest BCUT2D eigenvalue weighted by atomic mass is 10.2. The normalized spacial score (nSPS) is 13.6. The van der Waals surface area contributed by atoms with Crippen LogP contribution in [0.15, 0.2) is 59.5 Å². The van der Waals surface area contributed by atoms with Crippen LogP contribution >= 0.6 is 0 Å². The third kappa shape index (κ3) is 6.07. The van der Waals surface area contributed by atoms with Crippen LogP contribution in [0.2, 0.25) is 0 Å². The zero-order valence-corrected chi connectivity index (χ0v) is 17.7. The minimum absolute atomic E-state index is 0.0758. The first kappa shape index (κ1) is 21.9. The first-order valence-corrected chi connectivity index (χ1v) is 10.9. The van der Waals surface area contributed by atoms with E-state index in [1.165, 1.54) is 24.3 Å². The Balaban J connectivity index is 1.97. The van der Waals surface area contributed by atoms with Gasteiger partial charge in [-0.2, -0.15) is 0 Å². The molecule has 0 radical (unpaired) electrons. The first-order valence-electron chi connectivity index (χ1n) is 9.42. The highest BCUT2D eigenvalue weighted by Gasteiger charge is 2.18. The van der Waals surface area contributed by atoms with E-state index in [4.69, 9.17) is 0 Å². The van der Waals surface area contributed by atoms with E-state index in [0.29, 0.717) is 18.5 Å². The van der Waals surface area contributed by atoms with Crippen molar-refractivity contribution in [1.29, 1.82) is 0 Å². The molecule has 0 aliphatic heterocycles. The number of amides is 1. The Labute approximate surface area is 168 Å². The largest absolute Gasteiger partial charge is 0.373 e. The number of benzene rings is 2. The molecule has 0 fully saturated rings. The molecule has 0 aliphatic rings. The second kappa shape index (κ2) is 9.71. The quantitative estimate of drug-likeness (QED) is 0.675. The number of rotatable bonds is 9. The van der Waals surface area contributed by atoms with E-state index < -0.39 is 10.0 Å². The molecule has 2 aromatic rings. The smallest absolute Gasteiger partial charge is 0.251 e. The van der Waals surface area contributed by atoms with Gasteiger partial charge in [0, 0.05) is 36.9 Å². The van der Waals surface area contributed by atoms with Crippen molar-refractivity contribution < 1.29 is 13.2 Å². The predicted octanol–water partition coefficient (Wildman–Crippen LogP) is 3.02. The summed E-state index contributed by atoms with van der Waals surface area (Å²) in [6, 6.07) is 15.7. The molecule has 2 rings (SSSR count). The average molecular weight is 404 g/mol. The van der Waals surface area contributed by atoms with Gasteiger partial charge < -0.3 is 10.2 Å². The summed E-state index contributed by atoms with van der Waals surface area (Å²) in [7, 11) is -1.60. The Morgan fingerprint density at radius 1 is 1.00 bits per heavy atom. The van der Waals surface area contributed by atoms with Gasteiger partial charge in [0.25, 0.3) is 5.91 Å². The fraction of sp³-hybridized carbons (Fsp3) is 0.381. The molecule has 6 nitrogen and oxygen atoms in total. The Morgan fingerprint density at radius 2 is 1.61 bits per heavy atom. The van der Waals surface area contributed by atoms with Crippen LogP contribution in [-0.4, -0.2) is 40.0 Å². The summed E-state index contributed by atoms with van der Waals surface area (Å²) in [5, 5.41) is 2.95. The highest BCUT2D eigenvalue weighted by atomic mass is 32.2. The highest BCUT2D eigenvalue weighted by molar-refractivity contribution is 7.89. The molecule has 152 valence electrons. The number of sulfonamides is 1. The van der Waals surface area contributed by atoms with Crippen molar-refractivity contribution in [2.24, 2.45) is 0 Å². The van der Waals surface area contributed by atoms with Crippen LogP contribution in [0, 0.1) is 0 Å². The molecule has 28 heavy (non-hydrogen) atoms. The topological polar surface area (TPSA) is 78.5 Å². The van der Waals surface area contributed by atoms with Crippen LogP contribution in [0.3, 0.4) is 0 Å². The summed E-state index contributed by atoms with van der Waals surface area (Å²) in [4.78, 5) is 14.7. The van der Waals surface area contributed by atoms with Crippen molar-refractivity contribution in [2.75, 3.05) is 18.5 Å². The lowest BCUT2D eigenvalue weighted by molar-refractivity contribution is 0.0941. The molecule has 2 N–H and O–H groups in total. The molecule has 0 saturated heterocycles. The van der Waals surface area contributed by atoms with Crippen LogP contribution < -0.4 is 14.9 Å². The summed E-state index contributed by atoms with van der Waals surface area (Å²) < 4.78 is 27.2. The molecule has 0 aliphatic carbocycles. The minimum Gasteiger partial charge on any atom is -0.373 e. The number of likely N-dealkylation sites (N-methyl/N-ethyl adjacent to an activating group) is 1. The average Bonchev–Trinajstić information content (AvgIpc) is 2.68. The Morgan fingerprint density at radius 3 is 2.18 bits per heavy atom. The first-order chi connectivity index (χ1) is 13.2. The van der Waals surface area contributed by atoms with Crippen molar-refractivity contribution in [3.8, 4) is 0 Å². The lowest BCUT2D eigenvalue weighted by Crippen LogP contribution is -2.40. The van der Waals surface area contributed by atoms with Gasteiger partial charge in [0.2, 0.25) is 10.0 Å². The maximum atomic E-state index is 12.5. The Hall–Kier alpha value is -2.38. The third-order valence-electron chi connectivity index (χ3n) is 4.52. The molecule has 1 amide bonds. The zero-order chi connectivity index (χ0) is 20.7. The van der Waals surface area contributed by atoms with Gasteiger partial charge in [0.15, 0.2) is 0 Å². The summed E-state index contributed by atoms with van der Waals surface area (Å²) >= 11 is 0. The van der Waals surface area contributed by atoms with Crippen LogP contribution in [0.4, 0.5) is 5.69 Å². The number of nitrogens with zero attached hydrogens (tertiary/aromatic N) is 1. The minimum atomic E-state index is -3.57. The van der Waals surface area contributed by atoms with E-state index >= 15 is 0 Å². The summed E-state index contributed by atoms with van der Waals surface area (Å²) in [5.41, 5.74) is 1.50. The van der Waals surface area contributed by atoms with E-state index in [1.54, 1.807) is 0 Å². The summed E-state index contributed by atoms with van der Waals surface area (Å²) in [6.07, 6.45) is 0.703. The Kier molecular flexibility index (Phi) is 7.60. The van der Waals surface area contributed by atoms with Crippen molar-refractivity contribution in [3.05, 3.63) is 60.2 Å². The maximum absolute atomic E-state index is 12.5. The van der Waals surface area contributed by atoms with Crippen molar-refractivity contribution in [3.63, 3.8) is 0 Å². The molecule has 0 saturated carbocycles.